The van der Waals surface area contributed by atoms with Gasteiger partial charge in [-0.25, -0.2) is 9.59 Å². The van der Waals surface area contributed by atoms with Crippen LogP contribution in [0.3, 0.4) is 0 Å². The molecule has 4 rings (SSSR count). The third kappa shape index (κ3) is 4.94. The molecule has 0 aliphatic carbocycles. The lowest BCUT2D eigenvalue weighted by atomic mass is 10.2. The zero-order chi connectivity index (χ0) is 24.2. The summed E-state index contributed by atoms with van der Waals surface area (Å²) in [6, 6.07) is 17.1. The average molecular weight is 479 g/mol. The van der Waals surface area contributed by atoms with Crippen LogP contribution in [-0.4, -0.2) is 18.5 Å². The Kier molecular flexibility index (Phi) is 6.65. The molecule has 0 radical (unpaired) electrons. The number of hydrogen-bond donors (Lipinski definition) is 0. The molecule has 1 aromatic heterocycles. The number of fused-ring (bicyclic) bond motifs is 1. The van der Waals surface area contributed by atoms with Crippen LogP contribution in [0.15, 0.2) is 75.9 Å². The number of halogens is 1. The van der Waals surface area contributed by atoms with Crippen LogP contribution < -0.4 is 14.9 Å². The van der Waals surface area contributed by atoms with Crippen LogP contribution in [0.25, 0.3) is 11.0 Å². The van der Waals surface area contributed by atoms with E-state index in [0.29, 0.717) is 21.9 Å². The highest BCUT2D eigenvalue weighted by atomic mass is 35.5. The van der Waals surface area contributed by atoms with Gasteiger partial charge in [-0.2, -0.15) is 0 Å². The Morgan fingerprint density at radius 3 is 2.35 bits per heavy atom. The molecule has 4 aromatic rings. The minimum Gasteiger partial charge on any atom is -0.462 e. The van der Waals surface area contributed by atoms with Crippen LogP contribution >= 0.6 is 11.6 Å². The summed E-state index contributed by atoms with van der Waals surface area (Å²) in [6.07, 6.45) is 0. The maximum Gasteiger partial charge on any atom is 0.343 e. The first-order valence-corrected chi connectivity index (χ1v) is 10.7. The van der Waals surface area contributed by atoms with Crippen molar-refractivity contribution in [1.82, 2.24) is 0 Å². The third-order valence-electron chi connectivity index (χ3n) is 4.84. The van der Waals surface area contributed by atoms with Gasteiger partial charge < -0.3 is 18.6 Å². The van der Waals surface area contributed by atoms with Gasteiger partial charge in [-0.05, 0) is 68.4 Å². The zero-order valence-electron chi connectivity index (χ0n) is 18.3. The maximum absolute atomic E-state index is 13.0. The molecule has 0 spiro atoms. The number of carbonyl (C=O) groups excluding carboxylic acids is 2. The molecule has 1 heterocycles. The predicted molar refractivity (Wildman–Crippen MR) is 126 cm³/mol. The molecule has 3 aromatic carbocycles. The Bertz CT molecular complexity index is 1440. The molecular weight excluding hydrogens is 460 g/mol. The lowest BCUT2D eigenvalue weighted by Crippen LogP contribution is -2.10. The largest absolute Gasteiger partial charge is 0.462 e. The van der Waals surface area contributed by atoms with Gasteiger partial charge in [0.25, 0.3) is 0 Å². The second kappa shape index (κ2) is 9.80. The number of hydrogen-bond acceptors (Lipinski definition) is 7. The fourth-order valence-corrected chi connectivity index (χ4v) is 3.41. The summed E-state index contributed by atoms with van der Waals surface area (Å²) in [5.41, 5.74) is 0.518. The molecule has 0 bridgehead atoms. The third-order valence-corrected chi connectivity index (χ3v) is 5.08. The Hall–Kier alpha value is -4.10. The van der Waals surface area contributed by atoms with Crippen molar-refractivity contribution >= 4 is 34.5 Å². The van der Waals surface area contributed by atoms with Crippen molar-refractivity contribution in [3.8, 4) is 17.2 Å². The van der Waals surface area contributed by atoms with E-state index in [1.807, 2.05) is 0 Å². The van der Waals surface area contributed by atoms with Crippen LogP contribution in [-0.2, 0) is 4.74 Å². The standard InChI is InChI=1S/C26H19ClO7/c1-3-31-25(29)16-7-9-19(10-8-16)33-24-15(2)32-22-14-20(11-12-21(22)23(24)28)34-26(30)17-5-4-6-18(27)13-17/h4-14H,3H2,1-2H3. The second-order valence-corrected chi connectivity index (χ2v) is 7.66. The average Bonchev–Trinajstić information content (AvgIpc) is 2.82. The molecule has 0 aliphatic heterocycles. The van der Waals surface area contributed by atoms with Gasteiger partial charge in [-0.1, -0.05) is 17.7 Å². The van der Waals surface area contributed by atoms with Gasteiger partial charge in [0, 0.05) is 11.1 Å². The second-order valence-electron chi connectivity index (χ2n) is 7.22. The summed E-state index contributed by atoms with van der Waals surface area (Å²) in [7, 11) is 0. The number of esters is 2. The molecule has 0 atom stereocenters. The lowest BCUT2D eigenvalue weighted by molar-refractivity contribution is 0.0526. The van der Waals surface area contributed by atoms with E-state index in [1.54, 1.807) is 56.3 Å². The molecule has 34 heavy (non-hydrogen) atoms. The number of benzene rings is 3. The van der Waals surface area contributed by atoms with Crippen molar-refractivity contribution < 1.29 is 28.2 Å². The molecular formula is C26H19ClO7. The summed E-state index contributed by atoms with van der Waals surface area (Å²) >= 11 is 5.92. The van der Waals surface area contributed by atoms with Crippen molar-refractivity contribution in [3.05, 3.63) is 98.9 Å². The normalized spacial score (nSPS) is 10.7. The van der Waals surface area contributed by atoms with Crippen molar-refractivity contribution in [1.29, 1.82) is 0 Å². The summed E-state index contributed by atoms with van der Waals surface area (Å²) in [6.45, 7) is 3.59. The van der Waals surface area contributed by atoms with Gasteiger partial charge in [0.1, 0.15) is 22.8 Å². The molecule has 0 saturated heterocycles. The van der Waals surface area contributed by atoms with E-state index in [2.05, 4.69) is 0 Å². The van der Waals surface area contributed by atoms with E-state index in [4.69, 9.17) is 30.2 Å². The van der Waals surface area contributed by atoms with Gasteiger partial charge in [-0.3, -0.25) is 4.79 Å². The molecule has 8 heteroatoms. The minimum absolute atomic E-state index is 0.0139. The highest BCUT2D eigenvalue weighted by Crippen LogP contribution is 2.28. The Morgan fingerprint density at radius 1 is 0.912 bits per heavy atom. The smallest absolute Gasteiger partial charge is 0.343 e. The first-order valence-electron chi connectivity index (χ1n) is 10.4. The Labute approximate surface area is 199 Å². The molecule has 172 valence electrons. The van der Waals surface area contributed by atoms with Crippen LogP contribution in [0.4, 0.5) is 0 Å². The molecule has 0 fully saturated rings. The molecule has 7 nitrogen and oxygen atoms in total. The van der Waals surface area contributed by atoms with Crippen molar-refractivity contribution in [2.45, 2.75) is 13.8 Å². The van der Waals surface area contributed by atoms with Crippen LogP contribution in [0, 0.1) is 6.92 Å². The van der Waals surface area contributed by atoms with Crippen molar-refractivity contribution in [2.24, 2.45) is 0 Å². The summed E-state index contributed by atoms with van der Waals surface area (Å²) < 4.78 is 21.9. The Balaban J connectivity index is 1.58. The van der Waals surface area contributed by atoms with Gasteiger partial charge >= 0.3 is 11.9 Å². The predicted octanol–water partition coefficient (Wildman–Crippen LogP) is 5.94. The van der Waals surface area contributed by atoms with Crippen LogP contribution in [0.5, 0.6) is 17.2 Å². The first-order chi connectivity index (χ1) is 16.4. The molecule has 0 N–H and O–H groups in total. The van der Waals surface area contributed by atoms with Gasteiger partial charge in [-0.15, -0.1) is 0 Å². The minimum atomic E-state index is -0.591. The molecule has 0 saturated carbocycles. The quantitative estimate of drug-likeness (QED) is 0.250. The first kappa shape index (κ1) is 23.1. The zero-order valence-corrected chi connectivity index (χ0v) is 19.0. The Morgan fingerprint density at radius 2 is 1.65 bits per heavy atom. The van der Waals surface area contributed by atoms with E-state index in [9.17, 15) is 14.4 Å². The van der Waals surface area contributed by atoms with Crippen LogP contribution in [0.2, 0.25) is 5.02 Å². The SMILES string of the molecule is CCOC(=O)c1ccc(Oc2c(C)oc3cc(OC(=O)c4cccc(Cl)c4)ccc3c2=O)cc1. The van der Waals surface area contributed by atoms with Gasteiger partial charge in [0.05, 0.1) is 23.1 Å². The van der Waals surface area contributed by atoms with Crippen LogP contribution in [0.1, 0.15) is 33.4 Å². The molecule has 0 aliphatic rings. The lowest BCUT2D eigenvalue weighted by Gasteiger charge is -2.10. The summed E-state index contributed by atoms with van der Waals surface area (Å²) in [5, 5.41) is 0.670. The number of aryl methyl sites for hydroxylation is 1. The van der Waals surface area contributed by atoms with E-state index >= 15 is 0 Å². The number of carbonyl (C=O) groups is 2. The van der Waals surface area contributed by atoms with Crippen molar-refractivity contribution in [3.63, 3.8) is 0 Å². The number of rotatable bonds is 6. The summed E-state index contributed by atoms with van der Waals surface area (Å²) in [4.78, 5) is 37.2. The maximum atomic E-state index is 13.0. The van der Waals surface area contributed by atoms with E-state index < -0.39 is 11.9 Å². The monoisotopic (exact) mass is 478 g/mol. The fraction of sp³-hybridized carbons (Fsp3) is 0.115. The summed E-state index contributed by atoms with van der Waals surface area (Å²) in [5.74, 6) is -0.210. The van der Waals surface area contributed by atoms with E-state index in [1.165, 1.54) is 24.3 Å². The molecule has 0 unspecified atom stereocenters. The fourth-order valence-electron chi connectivity index (χ4n) is 3.22. The highest BCUT2D eigenvalue weighted by molar-refractivity contribution is 6.30. The van der Waals surface area contributed by atoms with E-state index in [-0.39, 0.29) is 40.3 Å². The van der Waals surface area contributed by atoms with Gasteiger partial charge in [0.2, 0.25) is 11.2 Å². The highest BCUT2D eigenvalue weighted by Gasteiger charge is 2.16. The molecule has 0 amide bonds. The number of ether oxygens (including phenoxy) is 3. The van der Waals surface area contributed by atoms with E-state index in [0.717, 1.165) is 0 Å². The van der Waals surface area contributed by atoms with Gasteiger partial charge in [0.15, 0.2) is 0 Å². The van der Waals surface area contributed by atoms with Crippen molar-refractivity contribution in [2.75, 3.05) is 6.61 Å². The topological polar surface area (TPSA) is 92.0 Å².